The monoisotopic (exact) mass is 416 g/mol. The predicted molar refractivity (Wildman–Crippen MR) is 120 cm³/mol. The van der Waals surface area contributed by atoms with Crippen molar-refractivity contribution in [1.29, 1.82) is 0 Å². The molecule has 0 unspecified atom stereocenters. The number of carbonyl (C=O) groups excluding carboxylic acids is 2. The summed E-state index contributed by atoms with van der Waals surface area (Å²) in [5, 5.41) is 3.75. The van der Waals surface area contributed by atoms with Crippen LogP contribution in [0.25, 0.3) is 5.57 Å². The number of nitrogens with zero attached hydrogens (tertiary/aromatic N) is 1. The fourth-order valence-electron chi connectivity index (χ4n) is 3.45. The molecule has 150 valence electrons. The number of nitrogens with one attached hydrogen (secondary N) is 1. The van der Waals surface area contributed by atoms with Gasteiger partial charge in [-0.3, -0.25) is 14.5 Å². The number of imide groups is 1. The Morgan fingerprint density at radius 1 is 0.867 bits per heavy atom. The van der Waals surface area contributed by atoms with Crippen LogP contribution >= 0.6 is 11.6 Å². The zero-order valence-corrected chi connectivity index (χ0v) is 17.5. The van der Waals surface area contributed by atoms with Gasteiger partial charge in [0, 0.05) is 10.7 Å². The second-order valence-corrected chi connectivity index (χ2v) is 7.82. The molecule has 1 heterocycles. The highest BCUT2D eigenvalue weighted by molar-refractivity contribution is 6.36. The van der Waals surface area contributed by atoms with E-state index in [-0.39, 0.29) is 24.1 Å². The summed E-state index contributed by atoms with van der Waals surface area (Å²) < 4.78 is 0. The number of carbonyl (C=O) groups is 2. The van der Waals surface area contributed by atoms with Crippen LogP contribution in [0.5, 0.6) is 0 Å². The lowest BCUT2D eigenvalue weighted by Crippen LogP contribution is -2.32. The fourth-order valence-corrected chi connectivity index (χ4v) is 3.63. The van der Waals surface area contributed by atoms with E-state index in [4.69, 9.17) is 11.6 Å². The second-order valence-electron chi connectivity index (χ2n) is 7.38. The third-order valence-electron chi connectivity index (χ3n) is 5.15. The Kier molecular flexibility index (Phi) is 5.42. The average Bonchev–Trinajstić information content (AvgIpc) is 2.96. The Morgan fingerprint density at radius 2 is 1.57 bits per heavy atom. The van der Waals surface area contributed by atoms with Crippen LogP contribution in [-0.4, -0.2) is 16.7 Å². The minimum Gasteiger partial charge on any atom is -0.350 e. The van der Waals surface area contributed by atoms with E-state index in [9.17, 15) is 9.59 Å². The van der Waals surface area contributed by atoms with Crippen LogP contribution in [0.1, 0.15) is 22.3 Å². The Hall–Kier alpha value is -3.37. The topological polar surface area (TPSA) is 49.4 Å². The predicted octanol–water partition coefficient (Wildman–Crippen LogP) is 5.35. The van der Waals surface area contributed by atoms with Gasteiger partial charge in [-0.05, 0) is 42.7 Å². The third-order valence-corrected chi connectivity index (χ3v) is 5.39. The lowest BCUT2D eigenvalue weighted by Gasteiger charge is -2.16. The van der Waals surface area contributed by atoms with Crippen LogP contribution < -0.4 is 5.32 Å². The molecule has 0 aliphatic carbocycles. The molecule has 0 saturated carbocycles. The van der Waals surface area contributed by atoms with Crippen molar-refractivity contribution in [2.24, 2.45) is 0 Å². The molecule has 0 fully saturated rings. The second kappa shape index (κ2) is 8.17. The van der Waals surface area contributed by atoms with Gasteiger partial charge in [-0.1, -0.05) is 77.8 Å². The number of hydrogen-bond donors (Lipinski definition) is 1. The van der Waals surface area contributed by atoms with Crippen molar-refractivity contribution in [1.82, 2.24) is 4.90 Å². The third kappa shape index (κ3) is 3.87. The summed E-state index contributed by atoms with van der Waals surface area (Å²) in [6, 6.07) is 22.5. The Labute approximate surface area is 180 Å². The van der Waals surface area contributed by atoms with E-state index in [0.29, 0.717) is 21.8 Å². The van der Waals surface area contributed by atoms with Crippen molar-refractivity contribution in [2.45, 2.75) is 20.4 Å². The number of hydrogen-bond acceptors (Lipinski definition) is 3. The molecule has 3 aromatic rings. The van der Waals surface area contributed by atoms with E-state index in [1.807, 2.05) is 74.5 Å². The normalized spacial score (nSPS) is 13.9. The first kappa shape index (κ1) is 19.9. The van der Waals surface area contributed by atoms with Crippen LogP contribution in [0.2, 0.25) is 5.02 Å². The van der Waals surface area contributed by atoms with Gasteiger partial charge in [-0.2, -0.15) is 0 Å². The van der Waals surface area contributed by atoms with Gasteiger partial charge in [0.15, 0.2) is 0 Å². The summed E-state index contributed by atoms with van der Waals surface area (Å²) in [6.45, 7) is 4.12. The Balaban J connectivity index is 1.77. The Morgan fingerprint density at radius 3 is 2.27 bits per heavy atom. The maximum atomic E-state index is 13.3. The summed E-state index contributed by atoms with van der Waals surface area (Å²) in [7, 11) is 0. The van der Waals surface area contributed by atoms with Crippen molar-refractivity contribution in [3.05, 3.63) is 106 Å². The van der Waals surface area contributed by atoms with Crippen molar-refractivity contribution in [3.63, 3.8) is 0 Å². The number of halogens is 1. The van der Waals surface area contributed by atoms with E-state index < -0.39 is 0 Å². The summed E-state index contributed by atoms with van der Waals surface area (Å²) in [6.07, 6.45) is 0. The van der Waals surface area contributed by atoms with Gasteiger partial charge in [-0.25, -0.2) is 0 Å². The molecule has 4 rings (SSSR count). The van der Waals surface area contributed by atoms with Gasteiger partial charge in [0.2, 0.25) is 0 Å². The SMILES string of the molecule is Cc1ccc(C2=C(Nc3cc(Cl)ccc3C)C(=O)N(Cc3ccccc3)C2=O)cc1. The van der Waals surface area contributed by atoms with Gasteiger partial charge >= 0.3 is 0 Å². The van der Waals surface area contributed by atoms with Gasteiger partial charge in [0.05, 0.1) is 12.1 Å². The number of benzene rings is 3. The molecule has 3 aromatic carbocycles. The van der Waals surface area contributed by atoms with Crippen LogP contribution in [0.15, 0.2) is 78.5 Å². The standard InChI is InChI=1S/C25H21ClN2O2/c1-16-8-11-19(12-9-16)22-23(27-21-14-20(26)13-10-17(21)2)25(30)28(24(22)29)15-18-6-4-3-5-7-18/h3-14,27H,15H2,1-2H3. The van der Waals surface area contributed by atoms with E-state index in [1.54, 1.807) is 12.1 Å². The summed E-state index contributed by atoms with van der Waals surface area (Å²) in [5.74, 6) is -0.659. The maximum Gasteiger partial charge on any atom is 0.278 e. The molecule has 1 aliphatic heterocycles. The highest BCUT2D eigenvalue weighted by atomic mass is 35.5. The first-order valence-electron chi connectivity index (χ1n) is 9.68. The maximum absolute atomic E-state index is 13.3. The highest BCUT2D eigenvalue weighted by Gasteiger charge is 2.39. The Bertz CT molecular complexity index is 1150. The molecule has 0 bridgehead atoms. The molecule has 0 radical (unpaired) electrons. The molecule has 1 N–H and O–H groups in total. The molecular weight excluding hydrogens is 396 g/mol. The first-order valence-corrected chi connectivity index (χ1v) is 10.1. The van der Waals surface area contributed by atoms with E-state index in [1.165, 1.54) is 4.90 Å². The lowest BCUT2D eigenvalue weighted by atomic mass is 10.0. The molecule has 30 heavy (non-hydrogen) atoms. The fraction of sp³-hybridized carbons (Fsp3) is 0.120. The molecule has 1 aliphatic rings. The summed E-state index contributed by atoms with van der Waals surface area (Å²) in [4.78, 5) is 27.9. The van der Waals surface area contributed by atoms with Crippen LogP contribution in [0.3, 0.4) is 0 Å². The molecular formula is C25H21ClN2O2. The molecule has 0 atom stereocenters. The van der Waals surface area contributed by atoms with Gasteiger partial charge in [0.25, 0.3) is 11.8 Å². The van der Waals surface area contributed by atoms with Crippen LogP contribution in [-0.2, 0) is 16.1 Å². The number of rotatable bonds is 5. The molecule has 0 saturated heterocycles. The van der Waals surface area contributed by atoms with E-state index >= 15 is 0 Å². The van der Waals surface area contributed by atoms with Crippen LogP contribution in [0.4, 0.5) is 5.69 Å². The largest absolute Gasteiger partial charge is 0.350 e. The summed E-state index contributed by atoms with van der Waals surface area (Å²) in [5.41, 5.74) is 4.94. The average molecular weight is 417 g/mol. The summed E-state index contributed by atoms with van der Waals surface area (Å²) >= 11 is 6.16. The van der Waals surface area contributed by atoms with Gasteiger partial charge in [0.1, 0.15) is 5.70 Å². The van der Waals surface area contributed by atoms with Crippen molar-refractivity contribution in [2.75, 3.05) is 5.32 Å². The smallest absolute Gasteiger partial charge is 0.278 e. The first-order chi connectivity index (χ1) is 14.4. The minimum absolute atomic E-state index is 0.216. The molecule has 2 amide bonds. The molecule has 0 spiro atoms. The quantitative estimate of drug-likeness (QED) is 0.570. The number of aryl methyl sites for hydroxylation is 2. The minimum atomic E-state index is -0.348. The number of anilines is 1. The highest BCUT2D eigenvalue weighted by Crippen LogP contribution is 2.33. The molecule has 0 aromatic heterocycles. The zero-order valence-electron chi connectivity index (χ0n) is 16.8. The molecule has 4 nitrogen and oxygen atoms in total. The zero-order chi connectivity index (χ0) is 21.3. The van der Waals surface area contributed by atoms with Crippen molar-refractivity contribution in [3.8, 4) is 0 Å². The van der Waals surface area contributed by atoms with E-state index in [2.05, 4.69) is 5.32 Å². The van der Waals surface area contributed by atoms with Crippen LogP contribution in [0, 0.1) is 13.8 Å². The van der Waals surface area contributed by atoms with Gasteiger partial charge in [-0.15, -0.1) is 0 Å². The number of amides is 2. The van der Waals surface area contributed by atoms with Crippen molar-refractivity contribution < 1.29 is 9.59 Å². The van der Waals surface area contributed by atoms with Gasteiger partial charge < -0.3 is 5.32 Å². The lowest BCUT2D eigenvalue weighted by molar-refractivity contribution is -0.137. The van der Waals surface area contributed by atoms with Crippen molar-refractivity contribution >= 4 is 34.7 Å². The van der Waals surface area contributed by atoms with E-state index in [0.717, 1.165) is 16.7 Å². The molecule has 5 heteroatoms.